The molecule has 1 N–H and O–H groups in total. The van der Waals surface area contributed by atoms with Crippen LogP contribution in [0.1, 0.15) is 63.0 Å². The SMILES string of the molecule is CCOCCn1c(C)c(C(=O)NC2C3(C)CC[C@@H](C3)C2(C)C)c2cccc(OC)c21. The predicted octanol–water partition coefficient (Wildman–Crippen LogP) is 4.94. The van der Waals surface area contributed by atoms with Crippen molar-refractivity contribution in [2.24, 2.45) is 16.7 Å². The molecule has 1 aromatic carbocycles. The zero-order valence-electron chi connectivity index (χ0n) is 19.3. The van der Waals surface area contributed by atoms with E-state index in [1.165, 1.54) is 19.3 Å². The molecule has 5 nitrogen and oxygen atoms in total. The molecule has 0 aliphatic heterocycles. The fraction of sp³-hybridized carbons (Fsp3) is 0.640. The number of benzene rings is 1. The molecule has 2 aromatic rings. The van der Waals surface area contributed by atoms with Crippen LogP contribution >= 0.6 is 0 Å². The molecule has 2 aliphatic carbocycles. The number of ether oxygens (including phenoxy) is 2. The second kappa shape index (κ2) is 7.60. The monoisotopic (exact) mass is 412 g/mol. The van der Waals surface area contributed by atoms with Crippen molar-refractivity contribution in [2.75, 3.05) is 20.3 Å². The van der Waals surface area contributed by atoms with Gasteiger partial charge in [0.1, 0.15) is 5.75 Å². The summed E-state index contributed by atoms with van der Waals surface area (Å²) in [6.45, 7) is 13.0. The van der Waals surface area contributed by atoms with E-state index in [4.69, 9.17) is 9.47 Å². The summed E-state index contributed by atoms with van der Waals surface area (Å²) in [4.78, 5) is 13.7. The van der Waals surface area contributed by atoms with Crippen LogP contribution in [0.3, 0.4) is 0 Å². The largest absolute Gasteiger partial charge is 0.495 e. The average molecular weight is 413 g/mol. The lowest BCUT2D eigenvalue weighted by molar-refractivity contribution is 0.0738. The number of carbonyl (C=O) groups excluding carboxylic acids is 1. The van der Waals surface area contributed by atoms with Crippen LogP contribution in [0, 0.1) is 23.7 Å². The number of nitrogens with one attached hydrogen (secondary N) is 1. The van der Waals surface area contributed by atoms with Crippen LogP contribution in [-0.4, -0.2) is 36.8 Å². The molecule has 164 valence electrons. The molecule has 2 aliphatic rings. The van der Waals surface area contributed by atoms with Gasteiger partial charge in [-0.3, -0.25) is 4.79 Å². The zero-order chi connectivity index (χ0) is 21.7. The molecule has 1 heterocycles. The number of fused-ring (bicyclic) bond motifs is 3. The number of amides is 1. The zero-order valence-corrected chi connectivity index (χ0v) is 19.3. The van der Waals surface area contributed by atoms with Gasteiger partial charge >= 0.3 is 0 Å². The van der Waals surface area contributed by atoms with Crippen molar-refractivity contribution in [3.63, 3.8) is 0 Å². The van der Waals surface area contributed by atoms with Gasteiger partial charge in [0, 0.05) is 30.3 Å². The van der Waals surface area contributed by atoms with Crippen molar-refractivity contribution in [3.05, 3.63) is 29.5 Å². The molecule has 1 aromatic heterocycles. The van der Waals surface area contributed by atoms with Gasteiger partial charge in [-0.15, -0.1) is 0 Å². The van der Waals surface area contributed by atoms with Gasteiger partial charge in [0.05, 0.1) is 24.8 Å². The van der Waals surface area contributed by atoms with Gasteiger partial charge < -0.3 is 19.4 Å². The number of para-hydroxylation sites is 1. The Labute approximate surface area is 180 Å². The Morgan fingerprint density at radius 3 is 2.70 bits per heavy atom. The van der Waals surface area contributed by atoms with Gasteiger partial charge in [-0.05, 0) is 55.9 Å². The standard InChI is InChI=1S/C25H36N2O3/c1-7-30-14-13-27-16(2)20(18-9-8-10-19(29-6)21(18)27)22(28)26-23-24(3,4)17-11-12-25(23,5)15-17/h8-10,17,23H,7,11-15H2,1-6H3,(H,26,28)/t17-,23?,25?/m0/s1. The van der Waals surface area contributed by atoms with E-state index in [1.807, 2.05) is 32.0 Å². The van der Waals surface area contributed by atoms with Crippen molar-refractivity contribution in [1.82, 2.24) is 9.88 Å². The number of carbonyl (C=O) groups is 1. The Kier molecular flexibility index (Phi) is 5.38. The Bertz CT molecular complexity index is 956. The first kappa shape index (κ1) is 21.2. The lowest BCUT2D eigenvalue weighted by Crippen LogP contribution is -2.52. The summed E-state index contributed by atoms with van der Waals surface area (Å²) < 4.78 is 13.4. The first-order valence-electron chi connectivity index (χ1n) is 11.3. The van der Waals surface area contributed by atoms with Crippen molar-refractivity contribution >= 4 is 16.8 Å². The number of hydrogen-bond donors (Lipinski definition) is 1. The summed E-state index contributed by atoms with van der Waals surface area (Å²) in [7, 11) is 1.68. The molecule has 1 amide bonds. The van der Waals surface area contributed by atoms with E-state index in [2.05, 4.69) is 30.7 Å². The Morgan fingerprint density at radius 2 is 2.07 bits per heavy atom. The highest BCUT2D eigenvalue weighted by Gasteiger charge is 2.59. The van der Waals surface area contributed by atoms with Crippen LogP contribution in [0.2, 0.25) is 0 Å². The summed E-state index contributed by atoms with van der Waals surface area (Å²) in [6.07, 6.45) is 3.70. The highest BCUT2D eigenvalue weighted by atomic mass is 16.5. The summed E-state index contributed by atoms with van der Waals surface area (Å²) in [5.41, 5.74) is 3.03. The minimum absolute atomic E-state index is 0.0350. The van der Waals surface area contributed by atoms with Crippen molar-refractivity contribution in [3.8, 4) is 5.75 Å². The van der Waals surface area contributed by atoms with Crippen LogP contribution in [0.15, 0.2) is 18.2 Å². The highest BCUT2D eigenvalue weighted by molar-refractivity contribution is 6.09. The normalized spacial score (nSPS) is 27.0. The van der Waals surface area contributed by atoms with Crippen LogP contribution in [0.5, 0.6) is 5.75 Å². The summed E-state index contributed by atoms with van der Waals surface area (Å²) in [5.74, 6) is 1.52. The minimum atomic E-state index is 0.0350. The van der Waals surface area contributed by atoms with E-state index in [0.29, 0.717) is 25.7 Å². The quantitative estimate of drug-likeness (QED) is 0.656. The summed E-state index contributed by atoms with van der Waals surface area (Å²) in [6, 6.07) is 6.15. The Balaban J connectivity index is 1.73. The van der Waals surface area contributed by atoms with Crippen LogP contribution < -0.4 is 10.1 Å². The maximum atomic E-state index is 13.7. The first-order chi connectivity index (χ1) is 14.2. The molecular weight excluding hydrogens is 376 g/mol. The van der Waals surface area contributed by atoms with Gasteiger partial charge in [-0.25, -0.2) is 0 Å². The van der Waals surface area contributed by atoms with Crippen LogP contribution in [-0.2, 0) is 11.3 Å². The van der Waals surface area contributed by atoms with E-state index >= 15 is 0 Å². The van der Waals surface area contributed by atoms with Gasteiger partial charge in [-0.2, -0.15) is 0 Å². The van der Waals surface area contributed by atoms with E-state index in [-0.39, 0.29) is 22.8 Å². The third-order valence-corrected chi connectivity index (χ3v) is 7.96. The number of hydrogen-bond acceptors (Lipinski definition) is 3. The molecule has 2 bridgehead atoms. The molecular formula is C25H36N2O3. The van der Waals surface area contributed by atoms with Crippen molar-refractivity contribution in [2.45, 2.75) is 66.5 Å². The molecule has 30 heavy (non-hydrogen) atoms. The third kappa shape index (κ3) is 3.13. The molecule has 2 fully saturated rings. The van der Waals surface area contributed by atoms with Gasteiger partial charge in [0.2, 0.25) is 0 Å². The fourth-order valence-corrected chi connectivity index (χ4v) is 6.40. The smallest absolute Gasteiger partial charge is 0.253 e. The highest BCUT2D eigenvalue weighted by Crippen LogP contribution is 2.62. The maximum absolute atomic E-state index is 13.7. The number of rotatable bonds is 7. The lowest BCUT2D eigenvalue weighted by atomic mass is 9.68. The molecule has 0 radical (unpaired) electrons. The summed E-state index contributed by atoms with van der Waals surface area (Å²) in [5, 5.41) is 4.43. The van der Waals surface area contributed by atoms with E-state index < -0.39 is 0 Å². The van der Waals surface area contributed by atoms with Gasteiger partial charge in [0.15, 0.2) is 0 Å². The van der Waals surface area contributed by atoms with E-state index in [9.17, 15) is 4.79 Å². The predicted molar refractivity (Wildman–Crippen MR) is 120 cm³/mol. The Morgan fingerprint density at radius 1 is 1.30 bits per heavy atom. The number of methoxy groups -OCH3 is 1. The minimum Gasteiger partial charge on any atom is -0.495 e. The molecule has 5 heteroatoms. The molecule has 2 saturated carbocycles. The van der Waals surface area contributed by atoms with Crippen molar-refractivity contribution < 1.29 is 14.3 Å². The number of nitrogens with zero attached hydrogens (tertiary/aromatic N) is 1. The molecule has 4 rings (SSSR count). The van der Waals surface area contributed by atoms with Crippen LogP contribution in [0.25, 0.3) is 10.9 Å². The lowest BCUT2D eigenvalue weighted by Gasteiger charge is -2.43. The van der Waals surface area contributed by atoms with Gasteiger partial charge in [0.25, 0.3) is 5.91 Å². The topological polar surface area (TPSA) is 52.5 Å². The summed E-state index contributed by atoms with van der Waals surface area (Å²) >= 11 is 0. The molecule has 0 saturated heterocycles. The van der Waals surface area contributed by atoms with E-state index in [0.717, 1.165) is 27.9 Å². The van der Waals surface area contributed by atoms with E-state index in [1.54, 1.807) is 7.11 Å². The first-order valence-corrected chi connectivity index (χ1v) is 11.3. The molecule has 0 spiro atoms. The van der Waals surface area contributed by atoms with Gasteiger partial charge in [-0.1, -0.05) is 32.9 Å². The molecule has 3 atom stereocenters. The third-order valence-electron chi connectivity index (χ3n) is 7.96. The maximum Gasteiger partial charge on any atom is 0.253 e. The second-order valence-electron chi connectivity index (χ2n) is 9.99. The number of aromatic nitrogens is 1. The Hall–Kier alpha value is -2.01. The van der Waals surface area contributed by atoms with Crippen molar-refractivity contribution in [1.29, 1.82) is 0 Å². The fourth-order valence-electron chi connectivity index (χ4n) is 6.40. The molecule has 2 unspecified atom stereocenters. The second-order valence-corrected chi connectivity index (χ2v) is 9.99. The van der Waals surface area contributed by atoms with Crippen LogP contribution in [0.4, 0.5) is 0 Å². The average Bonchev–Trinajstić information content (AvgIpc) is 3.30.